The minimum atomic E-state index is -1.84. The Balaban J connectivity index is 0.000000190. The molecule has 4 aromatic rings. The van der Waals surface area contributed by atoms with Gasteiger partial charge in [0.15, 0.2) is 0 Å². The molecule has 0 unspecified atom stereocenters. The summed E-state index contributed by atoms with van der Waals surface area (Å²) < 4.78 is 0. The van der Waals surface area contributed by atoms with Crippen molar-refractivity contribution < 1.29 is 17.7 Å². The van der Waals surface area contributed by atoms with E-state index in [-0.39, 0.29) is 0 Å². The van der Waals surface area contributed by atoms with Crippen molar-refractivity contribution in [2.24, 2.45) is 0 Å². The van der Waals surface area contributed by atoms with E-state index in [2.05, 4.69) is 95.3 Å². The van der Waals surface area contributed by atoms with E-state index in [1.807, 2.05) is 0 Å². The minimum absolute atomic E-state index is 0.942. The standard InChI is InChI=1S/2C13H15.C5H11Si.2ClH.Hf/c2*1-3-10-8-12-7-5-6-11(4-2)13(12)9-10;1-2-3-4-5-6;;;/h2*5-9H,3-4H2,1-2H3;2-5H2,1H3;2*1H;/q2*-1;;;;+2/p-2. The van der Waals surface area contributed by atoms with E-state index in [9.17, 15) is 0 Å². The molecule has 0 nitrogen and oxygen atoms in total. The third kappa shape index (κ3) is 9.95. The van der Waals surface area contributed by atoms with Gasteiger partial charge in [-0.25, -0.2) is 0 Å². The molecule has 0 N–H and O–H groups in total. The van der Waals surface area contributed by atoms with Crippen molar-refractivity contribution in [1.82, 2.24) is 0 Å². The Bertz CT molecular complexity index is 1100. The fourth-order valence-electron chi connectivity index (χ4n) is 4.31. The van der Waals surface area contributed by atoms with Crippen LogP contribution < -0.4 is 0 Å². The molecule has 0 aliphatic heterocycles. The van der Waals surface area contributed by atoms with Crippen LogP contribution in [-0.2, 0) is 43.4 Å². The van der Waals surface area contributed by atoms with Crippen molar-refractivity contribution in [3.05, 3.63) is 82.9 Å². The smallest absolute Gasteiger partial charge is 0.0397 e. The number of halogens is 2. The van der Waals surface area contributed by atoms with E-state index in [1.54, 1.807) is 0 Å². The molecule has 0 aromatic heterocycles. The first kappa shape index (κ1) is 30.6. The molecular weight excluding hydrogens is 650 g/mol. The molecule has 0 bridgehead atoms. The van der Waals surface area contributed by atoms with Crippen molar-refractivity contribution in [2.45, 2.75) is 85.6 Å². The van der Waals surface area contributed by atoms with Crippen LogP contribution in [0.25, 0.3) is 21.5 Å². The van der Waals surface area contributed by atoms with Crippen LogP contribution in [0.4, 0.5) is 0 Å². The van der Waals surface area contributed by atoms with Gasteiger partial charge in [0.05, 0.1) is 0 Å². The fraction of sp³-hybridized carbons (Fsp3) is 0.419. The van der Waals surface area contributed by atoms with E-state index in [0.29, 0.717) is 0 Å². The van der Waals surface area contributed by atoms with E-state index in [4.69, 9.17) is 17.2 Å². The van der Waals surface area contributed by atoms with Crippen molar-refractivity contribution in [3.63, 3.8) is 0 Å². The van der Waals surface area contributed by atoms with Crippen LogP contribution in [0.2, 0.25) is 6.04 Å². The van der Waals surface area contributed by atoms with Gasteiger partial charge in [-0.05, 0) is 25.7 Å². The van der Waals surface area contributed by atoms with Gasteiger partial charge in [0.25, 0.3) is 0 Å². The second kappa shape index (κ2) is 17.0. The normalized spacial score (nSPS) is 10.5. The van der Waals surface area contributed by atoms with Crippen LogP contribution in [0.3, 0.4) is 0 Å². The molecule has 4 aromatic carbocycles. The molecule has 0 spiro atoms. The summed E-state index contributed by atoms with van der Waals surface area (Å²) in [5.74, 6) is 0. The Morgan fingerprint density at radius 1 is 0.686 bits per heavy atom. The summed E-state index contributed by atoms with van der Waals surface area (Å²) in [6.45, 7) is 11.1. The van der Waals surface area contributed by atoms with Crippen LogP contribution in [0.5, 0.6) is 0 Å². The fourth-order valence-corrected chi connectivity index (χ4v) is 13.5. The maximum absolute atomic E-state index is 5.75. The summed E-state index contributed by atoms with van der Waals surface area (Å²) in [6, 6.07) is 23.7. The van der Waals surface area contributed by atoms with Gasteiger partial charge in [-0.15, -0.1) is 69.1 Å². The number of hydrogen-bond donors (Lipinski definition) is 0. The summed E-state index contributed by atoms with van der Waals surface area (Å²) in [5.41, 5.74) is 5.85. The van der Waals surface area contributed by atoms with Crippen molar-refractivity contribution in [2.75, 3.05) is 0 Å². The van der Waals surface area contributed by atoms with Crippen molar-refractivity contribution in [1.29, 1.82) is 0 Å². The van der Waals surface area contributed by atoms with Gasteiger partial charge in [0.2, 0.25) is 0 Å². The van der Waals surface area contributed by atoms with Crippen LogP contribution in [-0.4, -0.2) is 6.22 Å². The molecule has 4 heteroatoms. The zero-order valence-electron chi connectivity index (χ0n) is 22.2. The molecule has 0 aliphatic rings. The maximum Gasteiger partial charge on any atom is -0.0397 e. The summed E-state index contributed by atoms with van der Waals surface area (Å²) in [7, 11) is 11.5. The van der Waals surface area contributed by atoms with E-state index in [1.165, 1.54) is 69.1 Å². The molecular formula is C31H41Cl2HfSi-2. The number of rotatable bonds is 8. The summed E-state index contributed by atoms with van der Waals surface area (Å²) >= 11 is -1.84. The molecule has 0 saturated carbocycles. The maximum atomic E-state index is 5.75. The summed E-state index contributed by atoms with van der Waals surface area (Å²) in [5, 5.41) is 5.69. The Labute approximate surface area is 229 Å². The van der Waals surface area contributed by atoms with Crippen LogP contribution in [0.1, 0.15) is 76.1 Å². The molecule has 0 fully saturated rings. The largest absolute Gasteiger partial charge is 0.165 e. The molecule has 0 heterocycles. The molecule has 0 aliphatic carbocycles. The zero-order valence-corrected chi connectivity index (χ0v) is 28.3. The Morgan fingerprint density at radius 2 is 1.17 bits per heavy atom. The predicted molar refractivity (Wildman–Crippen MR) is 158 cm³/mol. The van der Waals surface area contributed by atoms with Crippen molar-refractivity contribution >= 4 is 44.9 Å². The van der Waals surface area contributed by atoms with E-state index >= 15 is 0 Å². The molecule has 4 rings (SSSR count). The van der Waals surface area contributed by atoms with Gasteiger partial charge in [0.1, 0.15) is 0 Å². The number of unbranched alkanes of at least 4 members (excludes halogenated alkanes) is 2. The van der Waals surface area contributed by atoms with E-state index < -0.39 is 17.7 Å². The quantitative estimate of drug-likeness (QED) is 0.0981. The van der Waals surface area contributed by atoms with Gasteiger partial charge in [0, 0.05) is 0 Å². The van der Waals surface area contributed by atoms with Crippen LogP contribution >= 0.6 is 17.2 Å². The average molecular weight is 691 g/mol. The van der Waals surface area contributed by atoms with Gasteiger partial charge >= 0.3 is 73.3 Å². The molecule has 35 heavy (non-hydrogen) atoms. The van der Waals surface area contributed by atoms with Gasteiger partial charge < -0.3 is 0 Å². The third-order valence-electron chi connectivity index (χ3n) is 6.42. The molecule has 189 valence electrons. The van der Waals surface area contributed by atoms with Crippen molar-refractivity contribution in [3.8, 4) is 0 Å². The molecule has 1 radical (unpaired) electrons. The predicted octanol–water partition coefficient (Wildman–Crippen LogP) is 10.5. The van der Waals surface area contributed by atoms with E-state index in [0.717, 1.165) is 31.9 Å². The Morgan fingerprint density at radius 3 is 1.54 bits per heavy atom. The van der Waals surface area contributed by atoms with Gasteiger partial charge in [-0.1, -0.05) is 51.0 Å². The zero-order chi connectivity index (χ0) is 25.6. The Kier molecular flexibility index (Phi) is 14.8. The molecule has 0 saturated heterocycles. The summed E-state index contributed by atoms with van der Waals surface area (Å²) in [4.78, 5) is 0. The molecule has 0 amide bonds. The van der Waals surface area contributed by atoms with Crippen LogP contribution in [0.15, 0.2) is 60.7 Å². The minimum Gasteiger partial charge on any atom is -0.165 e. The average Bonchev–Trinajstić information content (AvgIpc) is 3.50. The first-order valence-corrected chi connectivity index (χ1v) is 28.7. The number of benzene rings is 2. The SMILES string of the molecule is CCCCC[Si]=[Hf]([Cl])[Cl].CCc1cc2c(CC)cccc2[cH-]1.CCc1cc2c(CC)cccc2[cH-]1. The second-order valence-corrected chi connectivity index (χ2v) is 32.5. The Hall–Kier alpha value is -0.673. The van der Waals surface area contributed by atoms with Crippen LogP contribution in [0, 0.1) is 0 Å². The van der Waals surface area contributed by atoms with Gasteiger partial charge in [-0.2, -0.15) is 12.1 Å². The monoisotopic (exact) mass is 691 g/mol. The number of fused-ring (bicyclic) bond motifs is 2. The first-order valence-electron chi connectivity index (χ1n) is 13.2. The second-order valence-electron chi connectivity index (χ2n) is 8.88. The number of aryl methyl sites for hydroxylation is 4. The number of hydrogen-bond acceptors (Lipinski definition) is 0. The first-order chi connectivity index (χ1) is 17.0. The third-order valence-corrected chi connectivity index (χ3v) is 19.4. The molecule has 0 atom stereocenters. The van der Waals surface area contributed by atoms with Gasteiger partial charge in [-0.3, -0.25) is 0 Å². The summed E-state index contributed by atoms with van der Waals surface area (Å²) in [6.07, 6.45) is 9.46. The topological polar surface area (TPSA) is 0 Å².